The Hall–Kier alpha value is -2.01. The van der Waals surface area contributed by atoms with Gasteiger partial charge in [0.25, 0.3) is 0 Å². The fourth-order valence-corrected chi connectivity index (χ4v) is 5.87. The van der Waals surface area contributed by atoms with Crippen LogP contribution in [0.1, 0.15) is 12.0 Å². The minimum Gasteiger partial charge on any atom is -0.368 e. The van der Waals surface area contributed by atoms with Crippen LogP contribution in [0.15, 0.2) is 40.7 Å². The molecule has 2 atom stereocenters. The number of nitrogens with zero attached hydrogens (tertiary/aromatic N) is 3. The average Bonchev–Trinajstić information content (AvgIpc) is 3.23. The number of alkyl halides is 3. The fourth-order valence-electron chi connectivity index (χ4n) is 4.03. The van der Waals surface area contributed by atoms with E-state index in [-0.39, 0.29) is 11.6 Å². The molecule has 3 aliphatic rings. The van der Waals surface area contributed by atoms with Crippen LogP contribution < -0.4 is 15.5 Å². The summed E-state index contributed by atoms with van der Waals surface area (Å²) >= 11 is 9.18. The van der Waals surface area contributed by atoms with E-state index in [1.54, 1.807) is 6.07 Å². The molecular formula is C21H19ClF3N5S2. The van der Waals surface area contributed by atoms with Crippen molar-refractivity contribution in [1.82, 2.24) is 15.3 Å². The Bertz CT molecular complexity index is 1140. The zero-order valence-electron chi connectivity index (χ0n) is 16.9. The Morgan fingerprint density at radius 2 is 2.00 bits per heavy atom. The van der Waals surface area contributed by atoms with Crippen molar-refractivity contribution in [1.29, 1.82) is 0 Å². The van der Waals surface area contributed by atoms with E-state index in [1.807, 2.05) is 29.8 Å². The van der Waals surface area contributed by atoms with Gasteiger partial charge in [0.2, 0.25) is 5.95 Å². The molecule has 3 fully saturated rings. The molecule has 11 heteroatoms. The zero-order valence-corrected chi connectivity index (χ0v) is 19.3. The van der Waals surface area contributed by atoms with E-state index in [0.717, 1.165) is 29.9 Å². The monoisotopic (exact) mass is 497 g/mol. The van der Waals surface area contributed by atoms with Crippen molar-refractivity contribution >= 4 is 52.0 Å². The van der Waals surface area contributed by atoms with Crippen molar-refractivity contribution < 1.29 is 13.2 Å². The average molecular weight is 498 g/mol. The van der Waals surface area contributed by atoms with Crippen LogP contribution in [0, 0.1) is 0 Å². The van der Waals surface area contributed by atoms with Crippen molar-refractivity contribution in [2.75, 3.05) is 29.6 Å². The van der Waals surface area contributed by atoms with Gasteiger partial charge in [0.1, 0.15) is 5.56 Å². The van der Waals surface area contributed by atoms with Crippen molar-refractivity contribution in [2.24, 2.45) is 0 Å². The van der Waals surface area contributed by atoms with E-state index in [0.29, 0.717) is 27.7 Å². The second-order valence-corrected chi connectivity index (χ2v) is 9.99. The fraction of sp³-hybridized carbons (Fsp3) is 0.333. The highest BCUT2D eigenvalue weighted by atomic mass is 35.5. The molecule has 3 saturated heterocycles. The Morgan fingerprint density at radius 3 is 2.62 bits per heavy atom. The number of hydrogen-bond donors (Lipinski definition) is 2. The topological polar surface area (TPSA) is 53.1 Å². The number of piperazine rings is 1. The maximum absolute atomic E-state index is 13.6. The second-order valence-electron chi connectivity index (χ2n) is 7.79. The lowest BCUT2D eigenvalue weighted by Gasteiger charge is -2.49. The number of thioether (sulfide) groups is 1. The van der Waals surface area contributed by atoms with E-state index in [9.17, 15) is 13.2 Å². The van der Waals surface area contributed by atoms with E-state index >= 15 is 0 Å². The highest BCUT2D eigenvalue weighted by molar-refractivity contribution is 7.98. The van der Waals surface area contributed by atoms with E-state index in [4.69, 9.17) is 11.6 Å². The van der Waals surface area contributed by atoms with Crippen molar-refractivity contribution in [2.45, 2.75) is 29.6 Å². The Morgan fingerprint density at radius 1 is 1.25 bits per heavy atom. The summed E-state index contributed by atoms with van der Waals surface area (Å²) in [5, 5.41) is 8.74. The molecule has 6 rings (SSSR count). The van der Waals surface area contributed by atoms with Gasteiger partial charge in [-0.2, -0.15) is 13.2 Å². The molecular weight excluding hydrogens is 479 g/mol. The van der Waals surface area contributed by atoms with Crippen molar-refractivity contribution in [3.8, 4) is 10.6 Å². The van der Waals surface area contributed by atoms with E-state index < -0.39 is 11.7 Å². The van der Waals surface area contributed by atoms with E-state index in [2.05, 4.69) is 25.5 Å². The number of halogens is 4. The minimum atomic E-state index is -4.55. The summed E-state index contributed by atoms with van der Waals surface area (Å²) in [5.41, 5.74) is 0.552. The summed E-state index contributed by atoms with van der Waals surface area (Å²) in [6.07, 6.45) is -0.655. The van der Waals surface area contributed by atoms with Gasteiger partial charge in [-0.1, -0.05) is 11.6 Å². The number of nitrogens with one attached hydrogen (secondary N) is 2. The third-order valence-electron chi connectivity index (χ3n) is 5.62. The van der Waals surface area contributed by atoms with Gasteiger partial charge in [-0.05, 0) is 36.9 Å². The smallest absolute Gasteiger partial charge is 0.368 e. The number of hydrogen-bond acceptors (Lipinski definition) is 7. The van der Waals surface area contributed by atoms with Gasteiger partial charge in [0.15, 0.2) is 0 Å². The van der Waals surface area contributed by atoms with Crippen LogP contribution >= 0.6 is 34.7 Å². The number of thiophene rings is 1. The first kappa shape index (κ1) is 21.8. The lowest BCUT2D eigenvalue weighted by Crippen LogP contribution is -2.67. The van der Waals surface area contributed by atoms with Gasteiger partial charge in [0, 0.05) is 47.3 Å². The molecule has 0 saturated carbocycles. The van der Waals surface area contributed by atoms with Crippen molar-refractivity contribution in [3.05, 3.63) is 46.4 Å². The predicted molar refractivity (Wildman–Crippen MR) is 124 cm³/mol. The number of anilines is 3. The van der Waals surface area contributed by atoms with Crippen molar-refractivity contribution in [3.63, 3.8) is 0 Å². The summed E-state index contributed by atoms with van der Waals surface area (Å²) < 4.78 is 40.7. The lowest BCUT2D eigenvalue weighted by atomic mass is 9.91. The maximum atomic E-state index is 13.6. The standard InChI is InChI=1S/C21H19ClF3N5S2/c1-31-14-6-18(32-10-14)19-15(21(23,24)25)7-26-20(29-19)28-17-3-2-13(5-16(17)22)30-8-11-4-12(9-30)27-11/h2-3,5-7,10-12,27H,4,8-9H2,1H3,(H,26,28,29). The molecule has 2 aromatic heterocycles. The van der Waals surface area contributed by atoms with Crippen LogP contribution in [0.3, 0.4) is 0 Å². The number of rotatable bonds is 5. The number of fused-ring (bicyclic) bond motifs is 2. The molecule has 0 radical (unpaired) electrons. The zero-order chi connectivity index (χ0) is 22.5. The first-order valence-corrected chi connectivity index (χ1v) is 12.4. The highest BCUT2D eigenvalue weighted by Crippen LogP contribution is 2.40. The van der Waals surface area contributed by atoms with Gasteiger partial charge in [-0.15, -0.1) is 23.1 Å². The predicted octanol–water partition coefficient (Wildman–Crippen LogP) is 5.89. The van der Waals surface area contributed by atoms with Gasteiger partial charge >= 0.3 is 6.18 Å². The molecule has 3 aliphatic heterocycles. The summed E-state index contributed by atoms with van der Waals surface area (Å²) in [6.45, 7) is 1.87. The van der Waals surface area contributed by atoms with Gasteiger partial charge in [-0.3, -0.25) is 0 Å². The molecule has 2 unspecified atom stereocenters. The first-order valence-electron chi connectivity index (χ1n) is 9.95. The Kier molecular flexibility index (Phi) is 5.73. The summed E-state index contributed by atoms with van der Waals surface area (Å²) in [7, 11) is 0. The van der Waals surface area contributed by atoms with Crippen LogP contribution in [0.4, 0.5) is 30.5 Å². The molecule has 0 spiro atoms. The van der Waals surface area contributed by atoms with E-state index in [1.165, 1.54) is 29.5 Å². The Labute approximate surface area is 196 Å². The van der Waals surface area contributed by atoms with Crippen LogP contribution in [-0.4, -0.2) is 41.4 Å². The van der Waals surface area contributed by atoms with Crippen LogP contribution in [-0.2, 0) is 6.18 Å². The molecule has 2 bridgehead atoms. The third-order valence-corrected chi connectivity index (χ3v) is 7.73. The molecule has 5 nitrogen and oxygen atoms in total. The quantitative estimate of drug-likeness (QED) is 0.428. The number of piperidine rings is 1. The number of aromatic nitrogens is 2. The molecule has 3 aromatic rings. The molecule has 5 heterocycles. The Balaban J connectivity index is 1.42. The normalized spacial score (nSPS) is 20.2. The van der Waals surface area contributed by atoms with Gasteiger partial charge in [-0.25, -0.2) is 9.97 Å². The van der Waals surface area contributed by atoms with Crippen LogP contribution in [0.2, 0.25) is 5.02 Å². The molecule has 168 valence electrons. The minimum absolute atomic E-state index is 0.0603. The van der Waals surface area contributed by atoms with Gasteiger partial charge < -0.3 is 15.5 Å². The third kappa shape index (κ3) is 4.28. The lowest BCUT2D eigenvalue weighted by molar-refractivity contribution is -0.137. The van der Waals surface area contributed by atoms with Crippen LogP contribution in [0.25, 0.3) is 10.6 Å². The first-order chi connectivity index (χ1) is 15.3. The molecule has 2 N–H and O–H groups in total. The molecule has 0 amide bonds. The number of benzene rings is 1. The molecule has 1 aromatic carbocycles. The summed E-state index contributed by atoms with van der Waals surface area (Å²) in [4.78, 5) is 11.7. The second kappa shape index (κ2) is 8.40. The highest BCUT2D eigenvalue weighted by Gasteiger charge is 2.37. The SMILES string of the molecule is CSc1csc(-c2nc(Nc3ccc(N4CC5CC(C4)N5)cc3Cl)ncc2C(F)(F)F)c1. The summed E-state index contributed by atoms with van der Waals surface area (Å²) in [5.74, 6) is 0.0603. The molecule has 0 aliphatic carbocycles. The maximum Gasteiger partial charge on any atom is 0.420 e. The summed E-state index contributed by atoms with van der Waals surface area (Å²) in [6, 6.07) is 8.37. The van der Waals surface area contributed by atoms with Gasteiger partial charge in [0.05, 0.1) is 21.3 Å². The molecule has 32 heavy (non-hydrogen) atoms. The largest absolute Gasteiger partial charge is 0.420 e. The van der Waals surface area contributed by atoms with Crippen LogP contribution in [0.5, 0.6) is 0 Å².